The molecule has 68 valence electrons. The molecule has 0 aromatic heterocycles. The van der Waals surface area contributed by atoms with Gasteiger partial charge in [0.15, 0.2) is 0 Å². The van der Waals surface area contributed by atoms with Gasteiger partial charge in [-0.05, 0) is 17.7 Å². The molecule has 0 aliphatic carbocycles. The Labute approximate surface area is 78.4 Å². The van der Waals surface area contributed by atoms with E-state index in [-0.39, 0.29) is 12.1 Å². The molecule has 0 aromatic carbocycles. The van der Waals surface area contributed by atoms with Gasteiger partial charge in [-0.1, -0.05) is 13.8 Å². The number of hydrogen-bond donors (Lipinski definition) is 1. The monoisotopic (exact) mass is 186 g/mol. The summed E-state index contributed by atoms with van der Waals surface area (Å²) in [5.74, 6) is 0.113. The van der Waals surface area contributed by atoms with Crippen LogP contribution in [0.2, 0.25) is 0 Å². The molecule has 1 atom stereocenters. The summed E-state index contributed by atoms with van der Waals surface area (Å²) in [4.78, 5) is 12.1. The molecular formula is C9H14O2S. The molecule has 1 rings (SSSR count). The Morgan fingerprint density at radius 1 is 1.67 bits per heavy atom. The van der Waals surface area contributed by atoms with Crippen molar-refractivity contribution < 1.29 is 9.53 Å². The molecule has 2 nitrogen and oxygen atoms in total. The summed E-state index contributed by atoms with van der Waals surface area (Å²) in [5.41, 5.74) is 0.751. The van der Waals surface area contributed by atoms with Crippen LogP contribution in [0.1, 0.15) is 27.2 Å². The number of hydrogen-bond acceptors (Lipinski definition) is 3. The zero-order valence-corrected chi connectivity index (χ0v) is 8.52. The van der Waals surface area contributed by atoms with Gasteiger partial charge >= 0.3 is 5.97 Å². The highest BCUT2D eigenvalue weighted by molar-refractivity contribution is 7.84. The second-order valence-corrected chi connectivity index (χ2v) is 3.92. The first-order valence-corrected chi connectivity index (χ1v) is 4.60. The van der Waals surface area contributed by atoms with Crippen molar-refractivity contribution in [3.63, 3.8) is 0 Å². The highest BCUT2D eigenvalue weighted by atomic mass is 32.1. The van der Waals surface area contributed by atoms with Crippen LogP contribution in [-0.4, -0.2) is 12.1 Å². The van der Waals surface area contributed by atoms with Crippen LogP contribution < -0.4 is 0 Å². The SMILES string of the molecule is CC1C/C(=C(/S)C(C)C)C(=O)O1. The van der Waals surface area contributed by atoms with Gasteiger partial charge in [0.05, 0.1) is 5.57 Å². The average Bonchev–Trinajstić information content (AvgIpc) is 2.28. The van der Waals surface area contributed by atoms with E-state index in [4.69, 9.17) is 4.74 Å². The van der Waals surface area contributed by atoms with E-state index in [0.717, 1.165) is 10.5 Å². The van der Waals surface area contributed by atoms with Crippen LogP contribution >= 0.6 is 12.6 Å². The molecule has 0 bridgehead atoms. The first-order valence-electron chi connectivity index (χ1n) is 4.15. The van der Waals surface area contributed by atoms with E-state index in [1.807, 2.05) is 20.8 Å². The number of allylic oxidation sites excluding steroid dienone is 1. The first kappa shape index (κ1) is 9.65. The third kappa shape index (κ3) is 1.83. The summed E-state index contributed by atoms with van der Waals surface area (Å²) in [6.45, 7) is 5.93. The smallest absolute Gasteiger partial charge is 0.335 e. The summed E-state index contributed by atoms with van der Waals surface area (Å²) < 4.78 is 5.00. The molecule has 0 saturated carbocycles. The number of carbonyl (C=O) groups is 1. The van der Waals surface area contributed by atoms with Crippen LogP contribution in [0.4, 0.5) is 0 Å². The molecule has 1 fully saturated rings. The maximum atomic E-state index is 11.2. The highest BCUT2D eigenvalue weighted by Gasteiger charge is 2.28. The predicted octanol–water partition coefficient (Wildman–Crippen LogP) is 2.16. The summed E-state index contributed by atoms with van der Waals surface area (Å²) in [6.07, 6.45) is 0.726. The van der Waals surface area contributed by atoms with Crippen molar-refractivity contribution in [1.29, 1.82) is 0 Å². The Morgan fingerprint density at radius 3 is 2.58 bits per heavy atom. The molecule has 1 saturated heterocycles. The van der Waals surface area contributed by atoms with Crippen molar-refractivity contribution in [2.75, 3.05) is 0 Å². The van der Waals surface area contributed by atoms with Crippen molar-refractivity contribution in [3.8, 4) is 0 Å². The average molecular weight is 186 g/mol. The second kappa shape index (κ2) is 3.52. The van der Waals surface area contributed by atoms with Gasteiger partial charge in [-0.25, -0.2) is 4.79 Å². The fourth-order valence-electron chi connectivity index (χ4n) is 1.22. The number of esters is 1. The molecule has 1 heterocycles. The molecule has 1 aliphatic rings. The minimum atomic E-state index is -0.193. The Hall–Kier alpha value is -0.440. The fraction of sp³-hybridized carbons (Fsp3) is 0.667. The van der Waals surface area contributed by atoms with Crippen LogP contribution in [0.15, 0.2) is 10.5 Å². The van der Waals surface area contributed by atoms with Crippen molar-refractivity contribution in [3.05, 3.63) is 10.5 Å². The Kier molecular flexibility index (Phi) is 2.83. The number of ether oxygens (including phenoxy) is 1. The van der Waals surface area contributed by atoms with E-state index in [9.17, 15) is 4.79 Å². The van der Waals surface area contributed by atoms with Gasteiger partial charge in [-0.15, -0.1) is 12.6 Å². The van der Waals surface area contributed by atoms with Gasteiger partial charge in [0, 0.05) is 6.42 Å². The Balaban J connectivity index is 2.88. The quantitative estimate of drug-likeness (QED) is 0.386. The normalized spacial score (nSPS) is 27.8. The Bertz CT molecular complexity index is 231. The predicted molar refractivity (Wildman–Crippen MR) is 51.0 cm³/mol. The van der Waals surface area contributed by atoms with Crippen LogP contribution in [0.3, 0.4) is 0 Å². The number of carbonyl (C=O) groups excluding carboxylic acids is 1. The standard InChI is InChI=1S/C9H14O2S/c1-5(2)8(12)7-4-6(3)11-9(7)10/h5-6,12H,4H2,1-3H3/b8-7-. The molecule has 1 unspecified atom stereocenters. The van der Waals surface area contributed by atoms with Crippen molar-refractivity contribution in [1.82, 2.24) is 0 Å². The van der Waals surface area contributed by atoms with Crippen molar-refractivity contribution in [2.24, 2.45) is 5.92 Å². The third-order valence-electron chi connectivity index (χ3n) is 1.90. The van der Waals surface area contributed by atoms with Gasteiger partial charge in [0.1, 0.15) is 6.10 Å². The van der Waals surface area contributed by atoms with E-state index in [0.29, 0.717) is 12.3 Å². The van der Waals surface area contributed by atoms with E-state index in [1.54, 1.807) is 0 Å². The molecule has 0 aromatic rings. The van der Waals surface area contributed by atoms with E-state index in [2.05, 4.69) is 12.6 Å². The van der Waals surface area contributed by atoms with E-state index < -0.39 is 0 Å². The maximum Gasteiger partial charge on any atom is 0.335 e. The lowest BCUT2D eigenvalue weighted by molar-refractivity contribution is -0.138. The summed E-state index contributed by atoms with van der Waals surface area (Å²) in [6, 6.07) is 0. The number of cyclic esters (lactones) is 1. The molecule has 12 heavy (non-hydrogen) atoms. The molecule has 0 radical (unpaired) electrons. The van der Waals surface area contributed by atoms with Gasteiger partial charge < -0.3 is 4.74 Å². The zero-order valence-electron chi connectivity index (χ0n) is 7.63. The van der Waals surface area contributed by atoms with Gasteiger partial charge in [-0.2, -0.15) is 0 Å². The van der Waals surface area contributed by atoms with Gasteiger partial charge in [0.25, 0.3) is 0 Å². The third-order valence-corrected chi connectivity index (χ3v) is 2.69. The lowest BCUT2D eigenvalue weighted by Crippen LogP contribution is -2.01. The summed E-state index contributed by atoms with van der Waals surface area (Å²) >= 11 is 4.30. The first-order chi connectivity index (χ1) is 5.52. The highest BCUT2D eigenvalue weighted by Crippen LogP contribution is 2.28. The molecular weight excluding hydrogens is 172 g/mol. The second-order valence-electron chi connectivity index (χ2n) is 3.44. The largest absolute Gasteiger partial charge is 0.459 e. The molecule has 0 spiro atoms. The maximum absolute atomic E-state index is 11.2. The van der Waals surface area contributed by atoms with Gasteiger partial charge in [-0.3, -0.25) is 0 Å². The van der Waals surface area contributed by atoms with Crippen LogP contribution in [0.5, 0.6) is 0 Å². The minimum absolute atomic E-state index is 0.0217. The fourth-order valence-corrected chi connectivity index (χ4v) is 1.41. The number of thiol groups is 1. The molecule has 0 N–H and O–H groups in total. The van der Waals surface area contributed by atoms with E-state index >= 15 is 0 Å². The molecule has 1 aliphatic heterocycles. The Morgan fingerprint density at radius 2 is 2.25 bits per heavy atom. The van der Waals surface area contributed by atoms with Gasteiger partial charge in [0.2, 0.25) is 0 Å². The number of rotatable bonds is 1. The summed E-state index contributed by atoms with van der Waals surface area (Å²) in [5, 5.41) is 0. The minimum Gasteiger partial charge on any atom is -0.459 e. The molecule has 3 heteroatoms. The van der Waals surface area contributed by atoms with Crippen LogP contribution in [0.25, 0.3) is 0 Å². The zero-order chi connectivity index (χ0) is 9.30. The lowest BCUT2D eigenvalue weighted by Gasteiger charge is -2.05. The molecule has 0 amide bonds. The lowest BCUT2D eigenvalue weighted by atomic mass is 10.1. The van der Waals surface area contributed by atoms with E-state index in [1.165, 1.54) is 0 Å². The van der Waals surface area contributed by atoms with Crippen LogP contribution in [0, 0.1) is 5.92 Å². The summed E-state index contributed by atoms with van der Waals surface area (Å²) in [7, 11) is 0. The topological polar surface area (TPSA) is 26.3 Å². The van der Waals surface area contributed by atoms with Crippen molar-refractivity contribution in [2.45, 2.75) is 33.3 Å². The van der Waals surface area contributed by atoms with Crippen LogP contribution in [-0.2, 0) is 9.53 Å². The van der Waals surface area contributed by atoms with Crippen molar-refractivity contribution >= 4 is 18.6 Å².